The smallest absolute Gasteiger partial charge is 0.267 e. The van der Waals surface area contributed by atoms with Crippen LogP contribution in [-0.4, -0.2) is 41.5 Å². The molecule has 0 atom stereocenters. The quantitative estimate of drug-likeness (QED) is 0.548. The Hall–Kier alpha value is -3.88. The second-order valence-electron chi connectivity index (χ2n) is 7.70. The number of hydrogen-bond donors (Lipinski definition) is 1. The molecule has 3 heterocycles. The third-order valence-corrected chi connectivity index (χ3v) is 5.71. The van der Waals surface area contributed by atoms with Crippen molar-refractivity contribution in [3.63, 3.8) is 0 Å². The van der Waals surface area contributed by atoms with Gasteiger partial charge in [0.2, 0.25) is 0 Å². The number of nitrogens with one attached hydrogen (secondary N) is 1. The first-order valence-electron chi connectivity index (χ1n) is 10.3. The maximum absolute atomic E-state index is 12.7. The summed E-state index contributed by atoms with van der Waals surface area (Å²) in [4.78, 5) is 33.3. The van der Waals surface area contributed by atoms with Crippen LogP contribution in [0.4, 0.5) is 0 Å². The highest BCUT2D eigenvalue weighted by atomic mass is 16.1. The molecule has 156 valence electrons. The maximum atomic E-state index is 12.7. The Balaban J connectivity index is 1.25. The van der Waals surface area contributed by atoms with Crippen molar-refractivity contribution < 1.29 is 4.79 Å². The largest absolute Gasteiger partial charge is 0.349 e. The Kier molecular flexibility index (Phi) is 4.99. The summed E-state index contributed by atoms with van der Waals surface area (Å²) in [7, 11) is 0. The lowest BCUT2D eigenvalue weighted by molar-refractivity contribution is 0.0921. The summed E-state index contributed by atoms with van der Waals surface area (Å²) in [6, 6.07) is 12.5. The van der Waals surface area contributed by atoms with Gasteiger partial charge in [-0.05, 0) is 56.0 Å². The normalized spacial score (nSPS) is 18.7. The van der Waals surface area contributed by atoms with Crippen LogP contribution in [0.5, 0.6) is 0 Å². The molecule has 9 heteroatoms. The zero-order valence-corrected chi connectivity index (χ0v) is 16.8. The standard InChI is InChI=1S/C22H21N7O2/c30-21-10-9-20(28-14-23-13-25-28)27-29(21)18-6-4-17(5-7-18)26-22(31)16-3-8-19-15(12-16)2-1-11-24-19/h1-3,8-14,17-18H,4-7H2,(H,26,31). The second kappa shape index (κ2) is 8.10. The van der Waals surface area contributed by atoms with Crippen molar-refractivity contribution in [2.45, 2.75) is 37.8 Å². The topological polar surface area (TPSA) is 108 Å². The van der Waals surface area contributed by atoms with E-state index in [-0.39, 0.29) is 23.6 Å². The summed E-state index contributed by atoms with van der Waals surface area (Å²) in [6.07, 6.45) is 7.81. The van der Waals surface area contributed by atoms with Crippen LogP contribution < -0.4 is 10.9 Å². The molecule has 1 aromatic carbocycles. The first kappa shape index (κ1) is 19.1. The fraction of sp³-hybridized carbons (Fsp3) is 0.273. The third-order valence-electron chi connectivity index (χ3n) is 5.71. The van der Waals surface area contributed by atoms with Gasteiger partial charge >= 0.3 is 0 Å². The molecule has 5 rings (SSSR count). The van der Waals surface area contributed by atoms with Gasteiger partial charge in [0, 0.05) is 29.3 Å². The molecule has 0 spiro atoms. The highest BCUT2D eigenvalue weighted by Gasteiger charge is 2.25. The number of fused-ring (bicyclic) bond motifs is 1. The Morgan fingerprint density at radius 3 is 2.74 bits per heavy atom. The molecule has 0 unspecified atom stereocenters. The maximum Gasteiger partial charge on any atom is 0.267 e. The van der Waals surface area contributed by atoms with E-state index >= 15 is 0 Å². The van der Waals surface area contributed by atoms with E-state index in [0.717, 1.165) is 36.6 Å². The summed E-state index contributed by atoms with van der Waals surface area (Å²) < 4.78 is 3.06. The summed E-state index contributed by atoms with van der Waals surface area (Å²) in [5.41, 5.74) is 1.35. The summed E-state index contributed by atoms with van der Waals surface area (Å²) in [5.74, 6) is 0.469. The molecule has 0 saturated heterocycles. The van der Waals surface area contributed by atoms with Gasteiger partial charge in [-0.1, -0.05) is 6.07 Å². The number of rotatable bonds is 4. The minimum absolute atomic E-state index is 0.00383. The number of carbonyl (C=O) groups is 1. The van der Waals surface area contributed by atoms with E-state index in [1.807, 2.05) is 24.3 Å². The Morgan fingerprint density at radius 1 is 1.06 bits per heavy atom. The zero-order chi connectivity index (χ0) is 21.2. The summed E-state index contributed by atoms with van der Waals surface area (Å²) >= 11 is 0. The third kappa shape index (κ3) is 3.94. The summed E-state index contributed by atoms with van der Waals surface area (Å²) in [6.45, 7) is 0. The molecule has 0 radical (unpaired) electrons. The lowest BCUT2D eigenvalue weighted by Crippen LogP contribution is -2.39. The lowest BCUT2D eigenvalue weighted by Gasteiger charge is -2.29. The number of amides is 1. The van der Waals surface area contributed by atoms with Crippen LogP contribution in [0.25, 0.3) is 16.7 Å². The van der Waals surface area contributed by atoms with Gasteiger partial charge in [0.1, 0.15) is 12.7 Å². The van der Waals surface area contributed by atoms with Crippen LogP contribution >= 0.6 is 0 Å². The SMILES string of the molecule is O=C(NC1CCC(n2nc(-n3cncn3)ccc2=O)CC1)c1ccc2ncccc2c1. The van der Waals surface area contributed by atoms with Crippen LogP contribution in [0, 0.1) is 0 Å². The minimum atomic E-state index is -0.138. The average Bonchev–Trinajstić information content (AvgIpc) is 3.35. The van der Waals surface area contributed by atoms with E-state index in [9.17, 15) is 9.59 Å². The molecule has 1 aliphatic carbocycles. The van der Waals surface area contributed by atoms with Gasteiger partial charge in [-0.2, -0.15) is 5.10 Å². The molecular formula is C22H21N7O2. The molecule has 1 fully saturated rings. The highest BCUT2D eigenvalue weighted by molar-refractivity contribution is 5.98. The molecule has 31 heavy (non-hydrogen) atoms. The minimum Gasteiger partial charge on any atom is -0.349 e. The van der Waals surface area contributed by atoms with Crippen LogP contribution in [-0.2, 0) is 0 Å². The number of hydrogen-bond acceptors (Lipinski definition) is 6. The van der Waals surface area contributed by atoms with Gasteiger partial charge in [-0.25, -0.2) is 14.3 Å². The van der Waals surface area contributed by atoms with E-state index < -0.39 is 0 Å². The molecule has 9 nitrogen and oxygen atoms in total. The number of benzene rings is 1. The van der Waals surface area contributed by atoms with Gasteiger partial charge in [0.25, 0.3) is 11.5 Å². The van der Waals surface area contributed by atoms with Crippen molar-refractivity contribution in [3.8, 4) is 5.82 Å². The van der Waals surface area contributed by atoms with E-state index in [2.05, 4.69) is 25.5 Å². The first-order chi connectivity index (χ1) is 15.2. The Labute approximate surface area is 177 Å². The average molecular weight is 415 g/mol. The van der Waals surface area contributed by atoms with Crippen molar-refractivity contribution in [2.24, 2.45) is 0 Å². The van der Waals surface area contributed by atoms with Crippen LogP contribution in [0.2, 0.25) is 0 Å². The van der Waals surface area contributed by atoms with E-state index in [1.165, 1.54) is 21.8 Å². The van der Waals surface area contributed by atoms with Gasteiger partial charge in [0.05, 0.1) is 11.6 Å². The van der Waals surface area contributed by atoms with Gasteiger partial charge in [-0.15, -0.1) is 5.10 Å². The van der Waals surface area contributed by atoms with Crippen LogP contribution in [0.15, 0.2) is 66.1 Å². The molecule has 1 aliphatic rings. The lowest BCUT2D eigenvalue weighted by atomic mass is 9.91. The molecule has 4 aromatic rings. The monoisotopic (exact) mass is 415 g/mol. The molecule has 1 amide bonds. The van der Waals surface area contributed by atoms with Crippen molar-refractivity contribution in [2.75, 3.05) is 0 Å². The molecule has 0 bridgehead atoms. The van der Waals surface area contributed by atoms with Gasteiger partial charge in [0.15, 0.2) is 5.82 Å². The van der Waals surface area contributed by atoms with Crippen LogP contribution in [0.3, 0.4) is 0 Å². The fourth-order valence-corrected chi connectivity index (χ4v) is 4.08. The van der Waals surface area contributed by atoms with Crippen molar-refractivity contribution in [1.82, 2.24) is 34.8 Å². The molecule has 1 N–H and O–H groups in total. The Morgan fingerprint density at radius 2 is 1.94 bits per heavy atom. The number of nitrogens with zero attached hydrogens (tertiary/aromatic N) is 6. The number of carbonyl (C=O) groups excluding carboxylic acids is 1. The van der Waals surface area contributed by atoms with E-state index in [4.69, 9.17) is 0 Å². The second-order valence-corrected chi connectivity index (χ2v) is 7.70. The predicted molar refractivity (Wildman–Crippen MR) is 114 cm³/mol. The fourth-order valence-electron chi connectivity index (χ4n) is 4.08. The van der Waals surface area contributed by atoms with E-state index in [0.29, 0.717) is 11.4 Å². The molecule has 1 saturated carbocycles. The molecule has 3 aromatic heterocycles. The summed E-state index contributed by atoms with van der Waals surface area (Å²) in [5, 5.41) is 12.6. The van der Waals surface area contributed by atoms with Crippen LogP contribution in [0.1, 0.15) is 42.1 Å². The van der Waals surface area contributed by atoms with Gasteiger partial charge in [-0.3, -0.25) is 14.6 Å². The van der Waals surface area contributed by atoms with Crippen molar-refractivity contribution in [1.29, 1.82) is 0 Å². The Bertz CT molecular complexity index is 1270. The van der Waals surface area contributed by atoms with E-state index in [1.54, 1.807) is 24.7 Å². The predicted octanol–water partition coefficient (Wildman–Crippen LogP) is 2.29. The first-order valence-corrected chi connectivity index (χ1v) is 10.3. The molecule has 0 aliphatic heterocycles. The van der Waals surface area contributed by atoms with Crippen molar-refractivity contribution >= 4 is 16.8 Å². The number of aromatic nitrogens is 6. The number of pyridine rings is 1. The van der Waals surface area contributed by atoms with Gasteiger partial charge < -0.3 is 5.32 Å². The molecular weight excluding hydrogens is 394 g/mol. The van der Waals surface area contributed by atoms with Crippen molar-refractivity contribution in [3.05, 3.63) is 77.2 Å². The zero-order valence-electron chi connectivity index (χ0n) is 16.8. The highest BCUT2D eigenvalue weighted by Crippen LogP contribution is 2.27.